The minimum Gasteiger partial charge on any atom is -0.370 e. The van der Waals surface area contributed by atoms with Gasteiger partial charge in [0.15, 0.2) is 5.78 Å². The Balaban J connectivity index is 1.63. The second-order valence-corrected chi connectivity index (χ2v) is 8.94. The van der Waals surface area contributed by atoms with E-state index in [-0.39, 0.29) is 30.4 Å². The van der Waals surface area contributed by atoms with Gasteiger partial charge in [-0.25, -0.2) is 18.2 Å². The van der Waals surface area contributed by atoms with Gasteiger partial charge in [-0.1, -0.05) is 19.9 Å². The van der Waals surface area contributed by atoms with Gasteiger partial charge in [0.25, 0.3) is 0 Å². The third-order valence-electron chi connectivity index (χ3n) is 6.10. The van der Waals surface area contributed by atoms with Crippen LogP contribution in [0.2, 0.25) is 0 Å². The smallest absolute Gasteiger partial charge is 0.185 e. The summed E-state index contributed by atoms with van der Waals surface area (Å²) in [4.78, 5) is 21.2. The van der Waals surface area contributed by atoms with Gasteiger partial charge in [0.2, 0.25) is 0 Å². The summed E-state index contributed by atoms with van der Waals surface area (Å²) in [5, 5.41) is 0. The second kappa shape index (κ2) is 10.0. The number of Topliss-reactive ketones (excluding diaryl/α,β-unsaturated/α-hetero) is 1. The first-order valence-electron chi connectivity index (χ1n) is 11.2. The number of ether oxygens (including phenoxy) is 1. The number of carbonyl (C=O) groups excluding carboxylic acids is 1. The lowest BCUT2D eigenvalue weighted by atomic mass is 9.88. The van der Waals surface area contributed by atoms with Crippen LogP contribution < -0.4 is 5.73 Å². The summed E-state index contributed by atoms with van der Waals surface area (Å²) < 4.78 is 49.1. The van der Waals surface area contributed by atoms with Crippen molar-refractivity contribution < 1.29 is 22.7 Å². The molecule has 0 saturated carbocycles. The van der Waals surface area contributed by atoms with E-state index in [9.17, 15) is 18.0 Å². The molecule has 1 aliphatic rings. The zero-order valence-electron chi connectivity index (χ0n) is 19.0. The van der Waals surface area contributed by atoms with E-state index in [0.717, 1.165) is 30.2 Å². The van der Waals surface area contributed by atoms with Crippen LogP contribution in [0.25, 0.3) is 11.3 Å². The Labute approximate surface area is 196 Å². The van der Waals surface area contributed by atoms with Gasteiger partial charge >= 0.3 is 0 Å². The van der Waals surface area contributed by atoms with Crippen molar-refractivity contribution in [2.45, 2.75) is 51.4 Å². The molecule has 178 valence electrons. The molecule has 0 spiro atoms. The Morgan fingerprint density at radius 1 is 1.09 bits per heavy atom. The number of hydrogen-bond acceptors (Lipinski definition) is 5. The molecule has 4 rings (SSSR count). The SMILES string of the molecule is CC(C)[C@H]1C[C@@H](N)C[C@@H](c2ccncc2CC(=O)c2ccc(F)c(-c3c(F)cccc3F)n2)O1. The molecule has 1 aliphatic heterocycles. The molecule has 0 unspecified atom stereocenters. The summed E-state index contributed by atoms with van der Waals surface area (Å²) in [6, 6.07) is 7.17. The number of nitrogens with two attached hydrogens (primary N) is 1. The van der Waals surface area contributed by atoms with Gasteiger partial charge in [-0.15, -0.1) is 0 Å². The van der Waals surface area contributed by atoms with Gasteiger partial charge in [0.1, 0.15) is 28.8 Å². The third kappa shape index (κ3) is 5.03. The quantitative estimate of drug-likeness (QED) is 0.503. The first-order chi connectivity index (χ1) is 16.2. The van der Waals surface area contributed by atoms with Crippen molar-refractivity contribution in [3.05, 3.63) is 83.1 Å². The van der Waals surface area contributed by atoms with Crippen molar-refractivity contribution in [3.8, 4) is 11.3 Å². The molecule has 2 aromatic heterocycles. The van der Waals surface area contributed by atoms with E-state index in [4.69, 9.17) is 10.5 Å². The summed E-state index contributed by atoms with van der Waals surface area (Å²) in [6.45, 7) is 4.15. The predicted octanol–water partition coefficient (Wildman–Crippen LogP) is 5.19. The molecule has 0 aliphatic carbocycles. The standard InChI is InChI=1S/C26H26F3N3O2/c1-14(2)23-11-16(30)12-24(34-23)17-8-9-31-13-15(17)10-22(33)21-7-6-20(29)26(32-21)25-18(27)4-3-5-19(25)28/h3-9,13-14,16,23-24H,10-12,30H2,1-2H3/t16-,23-,24+/m1/s1. The summed E-state index contributed by atoms with van der Waals surface area (Å²) in [7, 11) is 0. The van der Waals surface area contributed by atoms with Gasteiger partial charge in [-0.3, -0.25) is 9.78 Å². The maximum Gasteiger partial charge on any atom is 0.185 e. The molecule has 3 aromatic rings. The minimum atomic E-state index is -0.962. The van der Waals surface area contributed by atoms with E-state index in [1.807, 2.05) is 0 Å². The number of rotatable bonds is 6. The van der Waals surface area contributed by atoms with E-state index in [2.05, 4.69) is 23.8 Å². The lowest BCUT2D eigenvalue weighted by Gasteiger charge is -2.36. The first-order valence-corrected chi connectivity index (χ1v) is 11.2. The number of pyridine rings is 2. The highest BCUT2D eigenvalue weighted by Gasteiger charge is 2.31. The van der Waals surface area contributed by atoms with Gasteiger partial charge in [-0.2, -0.15) is 0 Å². The maximum atomic E-state index is 14.4. The van der Waals surface area contributed by atoms with Gasteiger partial charge in [0, 0.05) is 24.9 Å². The van der Waals surface area contributed by atoms with Crippen LogP contribution in [-0.4, -0.2) is 27.9 Å². The van der Waals surface area contributed by atoms with Gasteiger partial charge in [-0.05, 0) is 60.2 Å². The van der Waals surface area contributed by atoms with Crippen molar-refractivity contribution in [3.63, 3.8) is 0 Å². The normalized spacial score (nSPS) is 20.5. The van der Waals surface area contributed by atoms with Crippen LogP contribution in [-0.2, 0) is 11.2 Å². The fraction of sp³-hybridized carbons (Fsp3) is 0.346. The number of aromatic nitrogens is 2. The summed E-state index contributed by atoms with van der Waals surface area (Å²) >= 11 is 0. The monoisotopic (exact) mass is 469 g/mol. The number of hydrogen-bond donors (Lipinski definition) is 1. The van der Waals surface area contributed by atoms with Crippen LogP contribution >= 0.6 is 0 Å². The average Bonchev–Trinajstić information content (AvgIpc) is 2.80. The molecular formula is C26H26F3N3O2. The van der Waals surface area contributed by atoms with Gasteiger partial charge < -0.3 is 10.5 Å². The summed E-state index contributed by atoms with van der Waals surface area (Å²) in [5.74, 6) is -2.99. The Bertz CT molecular complexity index is 1180. The Morgan fingerprint density at radius 3 is 2.53 bits per heavy atom. The van der Waals surface area contributed by atoms with Crippen molar-refractivity contribution in [1.29, 1.82) is 0 Å². The molecule has 8 heteroatoms. The lowest BCUT2D eigenvalue weighted by molar-refractivity contribution is -0.0793. The van der Waals surface area contributed by atoms with Gasteiger partial charge in [0.05, 0.1) is 17.8 Å². The average molecular weight is 470 g/mol. The second-order valence-electron chi connectivity index (χ2n) is 8.94. The Kier molecular flexibility index (Phi) is 7.09. The molecule has 0 amide bonds. The minimum absolute atomic E-state index is 0.00227. The van der Waals surface area contributed by atoms with E-state index in [0.29, 0.717) is 17.9 Å². The fourth-order valence-electron chi connectivity index (χ4n) is 4.28. The summed E-state index contributed by atoms with van der Waals surface area (Å²) in [5.41, 5.74) is 6.46. The molecule has 3 atom stereocenters. The zero-order chi connectivity index (χ0) is 24.4. The topological polar surface area (TPSA) is 78.1 Å². The molecule has 1 aromatic carbocycles. The summed E-state index contributed by atoms with van der Waals surface area (Å²) in [6.07, 6.45) is 4.23. The molecule has 5 nitrogen and oxygen atoms in total. The molecule has 0 radical (unpaired) electrons. The van der Waals surface area contributed by atoms with E-state index < -0.39 is 34.5 Å². The van der Waals surface area contributed by atoms with Crippen molar-refractivity contribution in [2.24, 2.45) is 11.7 Å². The first kappa shape index (κ1) is 24.0. The largest absolute Gasteiger partial charge is 0.370 e. The van der Waals surface area contributed by atoms with Crippen molar-refractivity contribution >= 4 is 5.78 Å². The Morgan fingerprint density at radius 2 is 1.82 bits per heavy atom. The van der Waals surface area contributed by atoms with Crippen LogP contribution in [0.5, 0.6) is 0 Å². The highest BCUT2D eigenvalue weighted by atomic mass is 19.1. The zero-order valence-corrected chi connectivity index (χ0v) is 19.0. The molecule has 1 saturated heterocycles. The number of halogens is 3. The number of ketones is 1. The molecule has 34 heavy (non-hydrogen) atoms. The van der Waals surface area contributed by atoms with E-state index >= 15 is 0 Å². The van der Waals surface area contributed by atoms with Crippen LogP contribution in [0.1, 0.15) is 54.4 Å². The van der Waals surface area contributed by atoms with Crippen molar-refractivity contribution in [1.82, 2.24) is 9.97 Å². The number of benzene rings is 1. The number of carbonyl (C=O) groups is 1. The Hall–Kier alpha value is -3.10. The molecule has 3 heterocycles. The third-order valence-corrected chi connectivity index (χ3v) is 6.10. The highest BCUT2D eigenvalue weighted by molar-refractivity contribution is 5.96. The highest BCUT2D eigenvalue weighted by Crippen LogP contribution is 2.35. The van der Waals surface area contributed by atoms with E-state index in [1.165, 1.54) is 12.1 Å². The maximum absolute atomic E-state index is 14.4. The molecule has 1 fully saturated rings. The number of nitrogens with zero attached hydrogens (tertiary/aromatic N) is 2. The van der Waals surface area contributed by atoms with Crippen LogP contribution in [0, 0.1) is 23.4 Å². The van der Waals surface area contributed by atoms with Crippen LogP contribution in [0.15, 0.2) is 48.8 Å². The molecule has 0 bridgehead atoms. The fourth-order valence-corrected chi connectivity index (χ4v) is 4.28. The molecular weight excluding hydrogens is 443 g/mol. The lowest BCUT2D eigenvalue weighted by Crippen LogP contribution is -2.39. The van der Waals surface area contributed by atoms with Crippen LogP contribution in [0.3, 0.4) is 0 Å². The van der Waals surface area contributed by atoms with Crippen molar-refractivity contribution in [2.75, 3.05) is 0 Å². The van der Waals surface area contributed by atoms with E-state index in [1.54, 1.807) is 18.5 Å². The molecule has 2 N–H and O–H groups in total. The predicted molar refractivity (Wildman–Crippen MR) is 121 cm³/mol. The van der Waals surface area contributed by atoms with Crippen LogP contribution in [0.4, 0.5) is 13.2 Å².